The fourth-order valence-corrected chi connectivity index (χ4v) is 2.11. The second kappa shape index (κ2) is 3.80. The number of nitrogens with two attached hydrogens (primary N) is 1. The molecule has 1 aromatic heterocycles. The quantitative estimate of drug-likeness (QED) is 0.791. The third-order valence-electron chi connectivity index (χ3n) is 3.32. The van der Waals surface area contributed by atoms with Crippen molar-refractivity contribution in [3.8, 4) is 16.9 Å². The zero-order chi connectivity index (χ0) is 12.7. The maximum absolute atomic E-state index is 9.77. The van der Waals surface area contributed by atoms with E-state index in [0.29, 0.717) is 11.6 Å². The third kappa shape index (κ3) is 1.65. The molecule has 2 rings (SSSR count). The summed E-state index contributed by atoms with van der Waals surface area (Å²) in [6.45, 7) is 5.86. The highest BCUT2D eigenvalue weighted by atomic mass is 16.3. The summed E-state index contributed by atoms with van der Waals surface area (Å²) >= 11 is 0. The molecule has 1 aromatic carbocycles. The van der Waals surface area contributed by atoms with Gasteiger partial charge in [0.1, 0.15) is 11.6 Å². The van der Waals surface area contributed by atoms with Crippen LogP contribution in [0.3, 0.4) is 0 Å². The lowest BCUT2D eigenvalue weighted by Crippen LogP contribution is -1.99. The Morgan fingerprint density at radius 2 is 1.88 bits per heavy atom. The lowest BCUT2D eigenvalue weighted by molar-refractivity contribution is 0.470. The molecule has 4 heteroatoms. The molecular weight excluding hydrogens is 214 g/mol. The van der Waals surface area contributed by atoms with Gasteiger partial charge in [0.15, 0.2) is 0 Å². The second-order valence-electron chi connectivity index (χ2n) is 4.40. The number of nitrogens with zero attached hydrogens (tertiary/aromatic N) is 2. The van der Waals surface area contributed by atoms with Crippen LogP contribution in [0.5, 0.6) is 5.75 Å². The van der Waals surface area contributed by atoms with Crippen molar-refractivity contribution in [3.05, 3.63) is 29.0 Å². The van der Waals surface area contributed by atoms with Gasteiger partial charge >= 0.3 is 0 Å². The van der Waals surface area contributed by atoms with Crippen LogP contribution in [-0.2, 0) is 7.05 Å². The lowest BCUT2D eigenvalue weighted by Gasteiger charge is -2.13. The van der Waals surface area contributed by atoms with Gasteiger partial charge in [-0.25, -0.2) is 0 Å². The summed E-state index contributed by atoms with van der Waals surface area (Å²) in [7, 11) is 1.82. The molecule has 0 amide bonds. The summed E-state index contributed by atoms with van der Waals surface area (Å²) in [5, 5.41) is 13.9. The van der Waals surface area contributed by atoms with E-state index in [1.54, 1.807) is 16.9 Å². The number of nitrogen functional groups attached to an aromatic ring is 1. The molecule has 90 valence electrons. The molecule has 3 N–H and O–H groups in total. The van der Waals surface area contributed by atoms with Crippen LogP contribution in [0.25, 0.3) is 11.1 Å². The van der Waals surface area contributed by atoms with Crippen LogP contribution in [-0.4, -0.2) is 14.9 Å². The Labute approximate surface area is 101 Å². The lowest BCUT2D eigenvalue weighted by atomic mass is 9.93. The molecule has 0 bridgehead atoms. The Balaban J connectivity index is 2.76. The minimum atomic E-state index is 0.325. The summed E-state index contributed by atoms with van der Waals surface area (Å²) in [6, 6.07) is 1.77. The van der Waals surface area contributed by atoms with Crippen molar-refractivity contribution in [2.45, 2.75) is 20.8 Å². The number of aromatic nitrogens is 2. The van der Waals surface area contributed by atoms with E-state index in [0.717, 1.165) is 27.8 Å². The molecule has 0 saturated heterocycles. The van der Waals surface area contributed by atoms with Crippen LogP contribution in [0, 0.1) is 20.8 Å². The highest BCUT2D eigenvalue weighted by Gasteiger charge is 2.15. The molecule has 4 nitrogen and oxygen atoms in total. The van der Waals surface area contributed by atoms with E-state index in [4.69, 9.17) is 5.73 Å². The molecule has 0 aliphatic carbocycles. The molecule has 0 saturated carbocycles. The van der Waals surface area contributed by atoms with E-state index >= 15 is 0 Å². The SMILES string of the molecule is Cc1cc(O)c(C)c(C)c1-c1cnn(C)c1N. The fraction of sp³-hybridized carbons (Fsp3) is 0.308. The minimum Gasteiger partial charge on any atom is -0.508 e. The summed E-state index contributed by atoms with van der Waals surface area (Å²) in [5.74, 6) is 0.965. The number of benzene rings is 1. The number of rotatable bonds is 1. The smallest absolute Gasteiger partial charge is 0.129 e. The number of phenolic OH excluding ortho intramolecular Hbond substituents is 1. The number of anilines is 1. The first-order valence-electron chi connectivity index (χ1n) is 5.51. The van der Waals surface area contributed by atoms with Gasteiger partial charge in [-0.15, -0.1) is 0 Å². The molecule has 0 radical (unpaired) electrons. The van der Waals surface area contributed by atoms with Crippen LogP contribution < -0.4 is 5.73 Å². The number of phenols is 1. The second-order valence-corrected chi connectivity index (χ2v) is 4.40. The Hall–Kier alpha value is -1.97. The predicted octanol–water partition coefficient (Wildman–Crippen LogP) is 2.30. The monoisotopic (exact) mass is 231 g/mol. The first-order chi connectivity index (χ1) is 7.93. The Morgan fingerprint density at radius 3 is 2.41 bits per heavy atom. The highest BCUT2D eigenvalue weighted by molar-refractivity contribution is 5.80. The van der Waals surface area contributed by atoms with Crippen molar-refractivity contribution in [2.75, 3.05) is 5.73 Å². The van der Waals surface area contributed by atoms with E-state index in [-0.39, 0.29) is 0 Å². The topological polar surface area (TPSA) is 64.1 Å². The molecule has 0 aliphatic heterocycles. The summed E-state index contributed by atoms with van der Waals surface area (Å²) in [6.07, 6.45) is 1.77. The first-order valence-corrected chi connectivity index (χ1v) is 5.51. The van der Waals surface area contributed by atoms with Gasteiger partial charge < -0.3 is 10.8 Å². The van der Waals surface area contributed by atoms with Gasteiger partial charge in [0.25, 0.3) is 0 Å². The van der Waals surface area contributed by atoms with E-state index in [1.165, 1.54) is 0 Å². The number of aryl methyl sites for hydroxylation is 2. The van der Waals surface area contributed by atoms with Crippen molar-refractivity contribution in [3.63, 3.8) is 0 Å². The molecular formula is C13H17N3O. The van der Waals surface area contributed by atoms with Crippen LogP contribution >= 0.6 is 0 Å². The average Bonchev–Trinajstić information content (AvgIpc) is 2.58. The Morgan fingerprint density at radius 1 is 1.24 bits per heavy atom. The zero-order valence-corrected chi connectivity index (χ0v) is 10.6. The van der Waals surface area contributed by atoms with Crippen molar-refractivity contribution in [1.29, 1.82) is 0 Å². The average molecular weight is 231 g/mol. The number of aromatic hydroxyl groups is 1. The van der Waals surface area contributed by atoms with Gasteiger partial charge in [-0.05, 0) is 49.1 Å². The van der Waals surface area contributed by atoms with Gasteiger partial charge in [0.2, 0.25) is 0 Å². The number of hydrogen-bond acceptors (Lipinski definition) is 3. The van der Waals surface area contributed by atoms with E-state index in [1.807, 2.05) is 27.8 Å². The van der Waals surface area contributed by atoms with Crippen LogP contribution in [0.15, 0.2) is 12.3 Å². The first kappa shape index (κ1) is 11.5. The zero-order valence-electron chi connectivity index (χ0n) is 10.6. The molecule has 2 aromatic rings. The van der Waals surface area contributed by atoms with E-state index in [2.05, 4.69) is 5.10 Å². The van der Waals surface area contributed by atoms with Crippen LogP contribution in [0.2, 0.25) is 0 Å². The van der Waals surface area contributed by atoms with Gasteiger partial charge in [0, 0.05) is 12.6 Å². The van der Waals surface area contributed by atoms with Crippen molar-refractivity contribution in [1.82, 2.24) is 9.78 Å². The molecule has 0 unspecified atom stereocenters. The maximum atomic E-state index is 9.77. The van der Waals surface area contributed by atoms with Crippen molar-refractivity contribution in [2.24, 2.45) is 7.05 Å². The van der Waals surface area contributed by atoms with Crippen LogP contribution in [0.4, 0.5) is 5.82 Å². The Bertz CT molecular complexity index is 585. The molecule has 0 aliphatic rings. The van der Waals surface area contributed by atoms with Gasteiger partial charge in [-0.3, -0.25) is 4.68 Å². The largest absolute Gasteiger partial charge is 0.508 e. The third-order valence-corrected chi connectivity index (χ3v) is 3.32. The van der Waals surface area contributed by atoms with Gasteiger partial charge in [-0.2, -0.15) is 5.10 Å². The predicted molar refractivity (Wildman–Crippen MR) is 68.9 cm³/mol. The molecule has 0 atom stereocenters. The molecule has 0 spiro atoms. The molecule has 1 heterocycles. The number of hydrogen-bond donors (Lipinski definition) is 2. The standard InChI is InChI=1S/C13H17N3O/c1-7-5-11(17)8(2)9(3)12(7)10-6-15-16(4)13(10)14/h5-6,17H,14H2,1-4H3. The Kier molecular flexibility index (Phi) is 2.58. The van der Waals surface area contributed by atoms with Gasteiger partial charge in [0.05, 0.1) is 6.20 Å². The summed E-state index contributed by atoms with van der Waals surface area (Å²) in [5.41, 5.74) is 10.9. The van der Waals surface area contributed by atoms with Gasteiger partial charge in [-0.1, -0.05) is 0 Å². The molecule has 0 fully saturated rings. The normalized spacial score (nSPS) is 10.8. The fourth-order valence-electron chi connectivity index (χ4n) is 2.11. The maximum Gasteiger partial charge on any atom is 0.129 e. The van der Waals surface area contributed by atoms with Crippen LogP contribution in [0.1, 0.15) is 16.7 Å². The highest BCUT2D eigenvalue weighted by Crippen LogP contribution is 2.36. The minimum absolute atomic E-state index is 0.325. The van der Waals surface area contributed by atoms with Crippen molar-refractivity contribution >= 4 is 5.82 Å². The summed E-state index contributed by atoms with van der Waals surface area (Å²) < 4.78 is 1.65. The van der Waals surface area contributed by atoms with Crippen molar-refractivity contribution < 1.29 is 5.11 Å². The molecule has 17 heavy (non-hydrogen) atoms. The van der Waals surface area contributed by atoms with E-state index < -0.39 is 0 Å². The summed E-state index contributed by atoms with van der Waals surface area (Å²) in [4.78, 5) is 0. The van der Waals surface area contributed by atoms with E-state index in [9.17, 15) is 5.11 Å².